The average molecular weight is 310 g/mol. The predicted octanol–water partition coefficient (Wildman–Crippen LogP) is 0.775. The Kier molecular flexibility index (Phi) is 5.02. The number of nitrogens with zero attached hydrogens (tertiary/aromatic N) is 3. The molecule has 1 saturated heterocycles. The van der Waals surface area contributed by atoms with Crippen LogP contribution in [0.2, 0.25) is 0 Å². The van der Waals surface area contributed by atoms with E-state index in [1.807, 2.05) is 4.90 Å². The number of anilines is 2. The van der Waals surface area contributed by atoms with Crippen LogP contribution in [-0.4, -0.2) is 55.0 Å². The van der Waals surface area contributed by atoms with Gasteiger partial charge in [0.2, 0.25) is 11.8 Å². The van der Waals surface area contributed by atoms with E-state index in [9.17, 15) is 9.90 Å². The second kappa shape index (κ2) is 6.78. The number of carbonyl (C=O) groups is 1. The molecule has 2 rings (SSSR count). The molecular formula is C14H22N4O4. The van der Waals surface area contributed by atoms with Gasteiger partial charge in [-0.1, -0.05) is 0 Å². The van der Waals surface area contributed by atoms with Crippen molar-refractivity contribution in [3.63, 3.8) is 0 Å². The molecule has 1 aliphatic rings. The minimum atomic E-state index is -0.832. The molecule has 8 heteroatoms. The van der Waals surface area contributed by atoms with Crippen LogP contribution in [0.15, 0.2) is 6.07 Å². The maximum absolute atomic E-state index is 11.8. The summed E-state index contributed by atoms with van der Waals surface area (Å²) < 4.78 is 10.2. The number of piperidine rings is 1. The first-order chi connectivity index (χ1) is 10.5. The first-order valence-electron chi connectivity index (χ1n) is 7.16. The Hall–Kier alpha value is -2.09. The summed E-state index contributed by atoms with van der Waals surface area (Å²) in [6, 6.07) is 1.67. The van der Waals surface area contributed by atoms with Gasteiger partial charge in [0, 0.05) is 32.9 Å². The Bertz CT molecular complexity index is 540. The summed E-state index contributed by atoms with van der Waals surface area (Å²) >= 11 is 0. The zero-order valence-corrected chi connectivity index (χ0v) is 12.9. The minimum absolute atomic E-state index is 0.109. The molecule has 0 aromatic carbocycles. The van der Waals surface area contributed by atoms with E-state index in [-0.39, 0.29) is 5.95 Å². The summed E-state index contributed by atoms with van der Waals surface area (Å²) in [5, 5.41) is 9.67. The summed E-state index contributed by atoms with van der Waals surface area (Å²) in [4.78, 5) is 21.9. The summed E-state index contributed by atoms with van der Waals surface area (Å²) in [5.41, 5.74) is 4.85. The number of carboxylic acids is 1. The third-order valence-corrected chi connectivity index (χ3v) is 4.05. The van der Waals surface area contributed by atoms with Crippen LogP contribution in [0.4, 0.5) is 11.8 Å². The summed E-state index contributed by atoms with van der Waals surface area (Å²) in [6.45, 7) is 1.50. The van der Waals surface area contributed by atoms with Gasteiger partial charge in [0.1, 0.15) is 5.82 Å². The van der Waals surface area contributed by atoms with E-state index >= 15 is 0 Å². The monoisotopic (exact) mass is 310 g/mol. The van der Waals surface area contributed by atoms with Crippen molar-refractivity contribution < 1.29 is 19.4 Å². The highest BCUT2D eigenvalue weighted by atomic mass is 16.5. The molecule has 1 aromatic heterocycles. The fraction of sp³-hybridized carbons (Fsp3) is 0.643. The van der Waals surface area contributed by atoms with Crippen LogP contribution in [0, 0.1) is 5.41 Å². The second-order valence-corrected chi connectivity index (χ2v) is 5.48. The second-order valence-electron chi connectivity index (χ2n) is 5.48. The maximum atomic E-state index is 11.8. The maximum Gasteiger partial charge on any atom is 0.311 e. The molecule has 22 heavy (non-hydrogen) atoms. The number of hydrogen-bond acceptors (Lipinski definition) is 7. The fourth-order valence-electron chi connectivity index (χ4n) is 2.81. The van der Waals surface area contributed by atoms with Gasteiger partial charge in [-0.15, -0.1) is 0 Å². The lowest BCUT2D eigenvalue weighted by molar-refractivity contribution is -0.150. The lowest BCUT2D eigenvalue weighted by atomic mass is 9.77. The summed E-state index contributed by atoms with van der Waals surface area (Å²) in [6.07, 6.45) is 1.86. The van der Waals surface area contributed by atoms with Crippen LogP contribution in [0.25, 0.3) is 0 Å². The van der Waals surface area contributed by atoms with Gasteiger partial charge in [-0.25, -0.2) is 0 Å². The Labute approximate surface area is 129 Å². The van der Waals surface area contributed by atoms with E-state index in [1.54, 1.807) is 13.2 Å². The van der Waals surface area contributed by atoms with Gasteiger partial charge in [-0.05, 0) is 19.3 Å². The molecule has 0 aliphatic carbocycles. The predicted molar refractivity (Wildman–Crippen MR) is 81.0 cm³/mol. The zero-order valence-electron chi connectivity index (χ0n) is 12.9. The Morgan fingerprint density at radius 2 is 2.27 bits per heavy atom. The molecular weight excluding hydrogens is 288 g/mol. The number of nitrogens with two attached hydrogens (primary N) is 1. The van der Waals surface area contributed by atoms with E-state index in [4.69, 9.17) is 15.2 Å². The normalized spacial score (nSPS) is 21.6. The molecule has 1 fully saturated rings. The summed E-state index contributed by atoms with van der Waals surface area (Å²) in [7, 11) is 3.08. The SMILES string of the molecule is COCCC1(C(=O)O)CCCN(c2cc(OC)nc(N)n2)C1. The van der Waals surface area contributed by atoms with Gasteiger partial charge in [0.25, 0.3) is 0 Å². The van der Waals surface area contributed by atoms with E-state index in [0.717, 1.165) is 13.0 Å². The number of nitrogen functional groups attached to an aromatic ring is 1. The quantitative estimate of drug-likeness (QED) is 0.793. The zero-order chi connectivity index (χ0) is 16.2. The summed E-state index contributed by atoms with van der Waals surface area (Å²) in [5.74, 6) is 0.263. The van der Waals surface area contributed by atoms with Gasteiger partial charge in [0.15, 0.2) is 0 Å². The molecule has 1 aromatic rings. The highest BCUT2D eigenvalue weighted by molar-refractivity contribution is 5.76. The molecule has 3 N–H and O–H groups in total. The molecule has 8 nitrogen and oxygen atoms in total. The third kappa shape index (κ3) is 3.38. The lowest BCUT2D eigenvalue weighted by Gasteiger charge is -2.40. The molecule has 0 amide bonds. The minimum Gasteiger partial charge on any atom is -0.481 e. The number of ether oxygens (including phenoxy) is 2. The van der Waals surface area contributed by atoms with E-state index < -0.39 is 11.4 Å². The molecule has 1 aliphatic heterocycles. The fourth-order valence-corrected chi connectivity index (χ4v) is 2.81. The molecule has 0 saturated carbocycles. The number of aromatic nitrogens is 2. The van der Waals surface area contributed by atoms with Gasteiger partial charge in [-0.3, -0.25) is 4.79 Å². The van der Waals surface area contributed by atoms with Crippen molar-refractivity contribution in [1.29, 1.82) is 0 Å². The number of aliphatic carboxylic acids is 1. The Balaban J connectivity index is 2.25. The van der Waals surface area contributed by atoms with E-state index in [1.165, 1.54) is 7.11 Å². The van der Waals surface area contributed by atoms with Crippen molar-refractivity contribution in [2.45, 2.75) is 19.3 Å². The van der Waals surface area contributed by atoms with Gasteiger partial charge < -0.3 is 25.2 Å². The first-order valence-corrected chi connectivity index (χ1v) is 7.16. The lowest BCUT2D eigenvalue weighted by Crippen LogP contribution is -2.48. The van der Waals surface area contributed by atoms with Crippen LogP contribution < -0.4 is 15.4 Å². The average Bonchev–Trinajstić information content (AvgIpc) is 2.52. The van der Waals surface area contributed by atoms with E-state index in [2.05, 4.69) is 9.97 Å². The molecule has 1 atom stereocenters. The Morgan fingerprint density at radius 3 is 2.91 bits per heavy atom. The smallest absolute Gasteiger partial charge is 0.311 e. The molecule has 0 spiro atoms. The molecule has 0 radical (unpaired) electrons. The van der Waals surface area contributed by atoms with Crippen LogP contribution in [0.5, 0.6) is 5.88 Å². The molecule has 122 valence electrons. The number of carboxylic acid groups (broad SMARTS) is 1. The van der Waals surface area contributed by atoms with Gasteiger partial charge in [-0.2, -0.15) is 9.97 Å². The van der Waals surface area contributed by atoms with Crippen LogP contribution in [-0.2, 0) is 9.53 Å². The van der Waals surface area contributed by atoms with Crippen molar-refractivity contribution in [2.75, 3.05) is 44.5 Å². The van der Waals surface area contributed by atoms with Crippen molar-refractivity contribution in [3.05, 3.63) is 6.07 Å². The van der Waals surface area contributed by atoms with Crippen molar-refractivity contribution in [3.8, 4) is 5.88 Å². The van der Waals surface area contributed by atoms with Gasteiger partial charge in [0.05, 0.1) is 12.5 Å². The standard InChI is InChI=1S/C14H22N4O4/c1-21-7-5-14(12(19)20)4-3-6-18(9-14)10-8-11(22-2)17-13(15)16-10/h8H,3-7,9H2,1-2H3,(H,19,20)(H2,15,16,17). The highest BCUT2D eigenvalue weighted by Crippen LogP contribution is 2.36. The number of methoxy groups -OCH3 is 2. The number of rotatable bonds is 6. The number of hydrogen-bond donors (Lipinski definition) is 2. The van der Waals surface area contributed by atoms with Crippen molar-refractivity contribution in [1.82, 2.24) is 9.97 Å². The highest BCUT2D eigenvalue weighted by Gasteiger charge is 2.42. The molecule has 1 unspecified atom stereocenters. The topological polar surface area (TPSA) is 111 Å². The van der Waals surface area contributed by atoms with Crippen LogP contribution in [0.1, 0.15) is 19.3 Å². The first kappa shape index (κ1) is 16.3. The van der Waals surface area contributed by atoms with E-state index in [0.29, 0.717) is 37.7 Å². The molecule has 2 heterocycles. The largest absolute Gasteiger partial charge is 0.481 e. The van der Waals surface area contributed by atoms with Crippen molar-refractivity contribution in [2.24, 2.45) is 5.41 Å². The van der Waals surface area contributed by atoms with Gasteiger partial charge >= 0.3 is 5.97 Å². The van der Waals surface area contributed by atoms with Crippen LogP contribution >= 0.6 is 0 Å². The third-order valence-electron chi connectivity index (χ3n) is 4.05. The van der Waals surface area contributed by atoms with Crippen molar-refractivity contribution >= 4 is 17.7 Å². The Morgan fingerprint density at radius 1 is 1.50 bits per heavy atom. The molecule has 0 bridgehead atoms. The van der Waals surface area contributed by atoms with Crippen LogP contribution in [0.3, 0.4) is 0 Å².